The molecule has 8 aromatic carbocycles. The molecule has 0 aliphatic carbocycles. The second kappa shape index (κ2) is 25.9. The molecule has 0 saturated carbocycles. The van der Waals surface area contributed by atoms with Crippen molar-refractivity contribution in [1.29, 1.82) is 0 Å². The number of halogens is 6. The molecule has 12 rings (SSSR count). The molecule has 12 aromatic rings. The molecule has 89 heavy (non-hydrogen) atoms. The van der Waals surface area contributed by atoms with Crippen molar-refractivity contribution in [2.24, 2.45) is 0 Å². The third-order valence-corrected chi connectivity index (χ3v) is 17.3. The topological polar surface area (TPSA) is 327 Å². The summed E-state index contributed by atoms with van der Waals surface area (Å²) < 4.78 is 201. The summed E-state index contributed by atoms with van der Waals surface area (Å²) in [6, 6.07) is 36.2. The summed E-state index contributed by atoms with van der Waals surface area (Å²) in [5, 5.41) is 29.7. The fraction of sp³-hybridized carbons (Fsp3) is 0.0714. The number of ether oxygens (including phenoxy) is 3. The molecular formula is C56H46F6N12O11S4. The minimum Gasteiger partial charge on any atom is -0.493 e. The van der Waals surface area contributed by atoms with Crippen LogP contribution in [0.5, 0.6) is 17.2 Å². The highest BCUT2D eigenvalue weighted by molar-refractivity contribution is 7.93. The number of sulfonamides is 4. The lowest BCUT2D eigenvalue weighted by molar-refractivity contribution is 0.323. The van der Waals surface area contributed by atoms with Gasteiger partial charge in [-0.25, -0.2) is 60.0 Å². The van der Waals surface area contributed by atoms with Crippen LogP contribution >= 0.6 is 0 Å². The maximum absolute atomic E-state index is 13.6. The molecule has 8 N–H and O–H groups in total. The lowest BCUT2D eigenvalue weighted by Gasteiger charge is -2.15. The summed E-state index contributed by atoms with van der Waals surface area (Å²) >= 11 is 0. The third-order valence-electron chi connectivity index (χ3n) is 12.5. The molecule has 0 unspecified atom stereocenters. The van der Waals surface area contributed by atoms with Crippen molar-refractivity contribution >= 4 is 106 Å². The molecule has 0 amide bonds. The van der Waals surface area contributed by atoms with Crippen molar-refractivity contribution in [2.75, 3.05) is 46.5 Å². The number of hydrogen-bond acceptors (Lipinski definition) is 15. The molecule has 4 heterocycles. The molecule has 4 aromatic heterocycles. The molecule has 0 radical (unpaired) electrons. The molecule has 462 valence electrons. The highest BCUT2D eigenvalue weighted by atomic mass is 32.2. The van der Waals surface area contributed by atoms with E-state index in [0.717, 1.165) is 44.5 Å². The average molecular weight is 1310 g/mol. The van der Waals surface area contributed by atoms with Gasteiger partial charge < -0.3 is 14.2 Å². The van der Waals surface area contributed by atoms with Crippen LogP contribution in [0, 0.1) is 34.9 Å². The van der Waals surface area contributed by atoms with Gasteiger partial charge >= 0.3 is 0 Å². The number of aromatic amines is 4. The number of nitrogens with zero attached hydrogens (tertiary/aromatic N) is 4. The van der Waals surface area contributed by atoms with E-state index in [4.69, 9.17) is 14.2 Å². The van der Waals surface area contributed by atoms with Crippen molar-refractivity contribution in [3.63, 3.8) is 0 Å². The van der Waals surface area contributed by atoms with Crippen LogP contribution in [0.3, 0.4) is 0 Å². The number of rotatable bonds is 15. The van der Waals surface area contributed by atoms with Crippen LogP contribution in [0.15, 0.2) is 173 Å². The zero-order valence-electron chi connectivity index (χ0n) is 46.2. The number of aromatic nitrogens is 8. The first-order valence-electron chi connectivity index (χ1n) is 25.2. The van der Waals surface area contributed by atoms with Crippen LogP contribution in [0.2, 0.25) is 0 Å². The van der Waals surface area contributed by atoms with Gasteiger partial charge in [-0.2, -0.15) is 20.4 Å². The predicted octanol–water partition coefficient (Wildman–Crippen LogP) is 10.6. The maximum Gasteiger partial charge on any atom is 0.267 e. The predicted molar refractivity (Wildman–Crippen MR) is 319 cm³/mol. The summed E-state index contributed by atoms with van der Waals surface area (Å²) in [7, 11) is -11.5. The van der Waals surface area contributed by atoms with Gasteiger partial charge in [0.2, 0.25) is 21.6 Å². The Kier molecular flexibility index (Phi) is 18.4. The number of methoxy groups -OCH3 is 3. The third kappa shape index (κ3) is 14.6. The molecule has 0 spiro atoms. The number of H-pyrrole nitrogens is 4. The number of fused-ring (bicyclic) bond motifs is 4. The van der Waals surface area contributed by atoms with Crippen LogP contribution in [-0.2, 0) is 40.1 Å². The Morgan fingerprint density at radius 3 is 1.28 bits per heavy atom. The fourth-order valence-corrected chi connectivity index (χ4v) is 12.3. The van der Waals surface area contributed by atoms with E-state index in [2.05, 4.69) is 55.0 Å². The monoisotopic (exact) mass is 1300 g/mol. The van der Waals surface area contributed by atoms with Gasteiger partial charge in [0, 0.05) is 62.0 Å². The summed E-state index contributed by atoms with van der Waals surface area (Å²) in [6.45, 7) is 0. The van der Waals surface area contributed by atoms with Crippen LogP contribution in [-0.4, -0.2) is 102 Å². The van der Waals surface area contributed by atoms with Gasteiger partial charge in [0.1, 0.15) is 5.82 Å². The molecular weight excluding hydrogens is 1260 g/mol. The van der Waals surface area contributed by atoms with E-state index in [1.165, 1.54) is 82.1 Å². The van der Waals surface area contributed by atoms with Crippen LogP contribution in [0.25, 0.3) is 54.9 Å². The molecule has 33 heteroatoms. The van der Waals surface area contributed by atoms with Crippen molar-refractivity contribution in [3.8, 4) is 28.5 Å². The fourth-order valence-electron chi connectivity index (χ4n) is 8.40. The second-order valence-corrected chi connectivity index (χ2v) is 25.4. The first-order valence-corrected chi connectivity index (χ1v) is 31.6. The first kappa shape index (κ1) is 63.1. The first-order chi connectivity index (χ1) is 42.3. The van der Waals surface area contributed by atoms with E-state index in [-0.39, 0.29) is 32.8 Å². The number of hydrogen-bond donors (Lipinski definition) is 8. The zero-order valence-corrected chi connectivity index (χ0v) is 49.5. The highest BCUT2D eigenvalue weighted by Gasteiger charge is 2.34. The zero-order chi connectivity index (χ0) is 64.0. The Morgan fingerprint density at radius 2 is 0.831 bits per heavy atom. The van der Waals surface area contributed by atoms with Crippen molar-refractivity contribution in [2.45, 2.75) is 14.7 Å². The van der Waals surface area contributed by atoms with E-state index in [1.54, 1.807) is 102 Å². The van der Waals surface area contributed by atoms with Crippen LogP contribution in [0.4, 0.5) is 49.1 Å². The van der Waals surface area contributed by atoms with Crippen molar-refractivity contribution < 1.29 is 74.2 Å². The van der Waals surface area contributed by atoms with Crippen molar-refractivity contribution in [3.05, 3.63) is 193 Å². The lowest BCUT2D eigenvalue weighted by atomic mass is 10.1. The molecule has 0 aliphatic heterocycles. The summed E-state index contributed by atoms with van der Waals surface area (Å²) in [5.41, 5.74) is 5.60. The maximum atomic E-state index is 13.6. The Hall–Kier alpha value is -10.4. The minimum absolute atomic E-state index is 0.00529. The van der Waals surface area contributed by atoms with Gasteiger partial charge in [-0.15, -0.1) is 0 Å². The second-order valence-electron chi connectivity index (χ2n) is 18.6. The average Bonchev–Trinajstić information content (AvgIpc) is 2.07. The molecule has 0 atom stereocenters. The van der Waals surface area contributed by atoms with E-state index >= 15 is 0 Å². The SMILES string of the molecule is COc1cc(S(=O)(=O)Nc2ccc3[nH]ncc3c2)cc(OC)c1OC.CS(=O)(=O)Nc1ccc2[nH]ncc2c1.O=S(=O)(Nc1ccc2[nH]nc(-c3ccc(F)cc3)c2c1)c1ccccc1.O=S(=O)(Nc1ccc2[nH]ncc2c1)c1c(F)c(F)c(F)c(F)c1F. The number of benzene rings is 8. The summed E-state index contributed by atoms with van der Waals surface area (Å²) in [5.74, 6) is -11.5. The van der Waals surface area contributed by atoms with E-state index in [0.29, 0.717) is 39.4 Å². The van der Waals surface area contributed by atoms with Crippen LogP contribution < -0.4 is 33.1 Å². The van der Waals surface area contributed by atoms with E-state index < -0.39 is 74.1 Å². The Bertz CT molecular complexity index is 5010. The van der Waals surface area contributed by atoms with Gasteiger partial charge in [-0.3, -0.25) is 39.3 Å². The number of nitrogens with one attached hydrogen (secondary N) is 8. The van der Waals surface area contributed by atoms with E-state index in [9.17, 15) is 60.0 Å². The lowest BCUT2D eigenvalue weighted by Crippen LogP contribution is -2.19. The normalized spacial score (nSPS) is 11.6. The Balaban J connectivity index is 0.000000144. The minimum atomic E-state index is -5.07. The van der Waals surface area contributed by atoms with Gasteiger partial charge in [-0.05, 0) is 109 Å². The molecule has 0 fully saturated rings. The van der Waals surface area contributed by atoms with Crippen molar-refractivity contribution in [1.82, 2.24) is 40.8 Å². The Labute approximate surface area is 501 Å². The summed E-state index contributed by atoms with van der Waals surface area (Å²) in [6.07, 6.45) is 5.73. The molecule has 0 aliphatic rings. The van der Waals surface area contributed by atoms with Gasteiger partial charge in [-0.1, -0.05) is 18.2 Å². The standard InChI is InChI=1S/C19H14FN3O2S.C16H17N3O5S.C13H6F5N3O2S.C8H9N3O2S/c20-14-8-6-13(7-9-14)19-17-12-15(10-11-18(17)21-22-19)23-26(24,25)16-4-2-1-3-5-16;1-22-14-7-12(8-15(23-2)16(14)24-3)25(20,21)19-11-4-5-13-10(6-11)9-17-18-13;14-8-9(15)11(17)13(12(18)10(8)16)24(22,23)21-6-1-2-7-5(3-6)4-19-20-7;1-14(12,13)11-7-2-3-8-6(4-7)5-9-10-8/h1-12,23H,(H,21,22);4-9,19H,1-3H3,(H,17,18);1-4,21H,(H,19,20);2-5,11H,1H3,(H,9,10). The quantitative estimate of drug-likeness (QED) is 0.0269. The smallest absolute Gasteiger partial charge is 0.267 e. The van der Waals surface area contributed by atoms with Gasteiger partial charge in [0.15, 0.2) is 39.7 Å². The van der Waals surface area contributed by atoms with Crippen LogP contribution in [0.1, 0.15) is 0 Å². The van der Waals surface area contributed by atoms with Gasteiger partial charge in [0.25, 0.3) is 30.1 Å². The highest BCUT2D eigenvalue weighted by Crippen LogP contribution is 2.40. The van der Waals surface area contributed by atoms with E-state index in [1.807, 2.05) is 0 Å². The number of anilines is 4. The molecule has 0 bridgehead atoms. The molecule has 0 saturated heterocycles. The Morgan fingerprint density at radius 1 is 0.416 bits per heavy atom. The molecule has 23 nitrogen and oxygen atoms in total. The summed E-state index contributed by atoms with van der Waals surface area (Å²) in [4.78, 5) is -1.77. The largest absolute Gasteiger partial charge is 0.493 e. The van der Waals surface area contributed by atoms with Gasteiger partial charge in [0.05, 0.1) is 83.7 Å².